The first-order valence-electron chi connectivity index (χ1n) is 8.13. The number of rotatable bonds is 5. The number of aromatic nitrogens is 3. The lowest BCUT2D eigenvalue weighted by Crippen LogP contribution is -2.42. The molecule has 1 aliphatic carbocycles. The number of hydrogen-bond acceptors (Lipinski definition) is 4. The van der Waals surface area contributed by atoms with Crippen molar-refractivity contribution in [3.8, 4) is 11.4 Å². The summed E-state index contributed by atoms with van der Waals surface area (Å²) in [6.07, 6.45) is 3.11. The maximum absolute atomic E-state index is 12.5. The van der Waals surface area contributed by atoms with Gasteiger partial charge in [-0.2, -0.15) is 5.10 Å². The second-order valence-corrected chi connectivity index (χ2v) is 6.57. The van der Waals surface area contributed by atoms with Gasteiger partial charge < -0.3 is 10.1 Å². The minimum atomic E-state index is -0.0737. The van der Waals surface area contributed by atoms with E-state index in [1.807, 2.05) is 31.2 Å². The molecule has 1 aromatic heterocycles. The molecule has 0 spiro atoms. The van der Waals surface area contributed by atoms with Crippen molar-refractivity contribution in [2.75, 3.05) is 7.11 Å². The number of nitrogens with one attached hydrogen (secondary N) is 2. The maximum atomic E-state index is 12.5. The molecule has 1 fully saturated rings. The fraction of sp³-hybridized carbons (Fsp3) is 0.471. The number of ether oxygens (including phenoxy) is 1. The van der Waals surface area contributed by atoms with Gasteiger partial charge in [-0.1, -0.05) is 23.8 Å². The molecule has 0 unspecified atom stereocenters. The maximum Gasteiger partial charge on any atom is 0.240 e. The summed E-state index contributed by atoms with van der Waals surface area (Å²) in [7, 11) is 1.69. The summed E-state index contributed by atoms with van der Waals surface area (Å²) >= 11 is 5.29. The Morgan fingerprint density at radius 3 is 3.08 bits per heavy atom. The standard InChI is InChI=1S/C17H22N4O2S/c1-11-5-3-6-12(9-11)16-19-20-17(24)21(16)10-15(22)18-13-7-4-8-14(13)23-2/h3,5-6,9,13-14H,4,7-8,10H2,1-2H3,(H,18,22)(H,20,24)/t13-,14+/m0/s1. The Bertz CT molecular complexity index is 783. The second-order valence-electron chi connectivity index (χ2n) is 6.19. The highest BCUT2D eigenvalue weighted by atomic mass is 32.1. The molecule has 2 N–H and O–H groups in total. The fourth-order valence-corrected chi connectivity index (χ4v) is 3.43. The third-order valence-corrected chi connectivity index (χ3v) is 4.75. The van der Waals surface area contributed by atoms with Gasteiger partial charge in [-0.05, 0) is 44.5 Å². The van der Waals surface area contributed by atoms with E-state index in [9.17, 15) is 4.79 Å². The van der Waals surface area contributed by atoms with Crippen LogP contribution in [0.4, 0.5) is 0 Å². The summed E-state index contributed by atoms with van der Waals surface area (Å²) in [5.74, 6) is 0.601. The van der Waals surface area contributed by atoms with E-state index < -0.39 is 0 Å². The van der Waals surface area contributed by atoms with Crippen LogP contribution in [0.15, 0.2) is 24.3 Å². The molecular weight excluding hydrogens is 324 g/mol. The van der Waals surface area contributed by atoms with Gasteiger partial charge in [-0.25, -0.2) is 0 Å². The van der Waals surface area contributed by atoms with Gasteiger partial charge in [0.25, 0.3) is 0 Å². The number of nitrogens with zero attached hydrogens (tertiary/aromatic N) is 2. The van der Waals surface area contributed by atoms with Crippen molar-refractivity contribution >= 4 is 18.1 Å². The lowest BCUT2D eigenvalue weighted by atomic mass is 10.1. The van der Waals surface area contributed by atoms with E-state index in [2.05, 4.69) is 15.5 Å². The zero-order valence-corrected chi connectivity index (χ0v) is 14.7. The zero-order chi connectivity index (χ0) is 17.1. The van der Waals surface area contributed by atoms with Crippen LogP contribution in [0.2, 0.25) is 0 Å². The zero-order valence-electron chi connectivity index (χ0n) is 13.9. The van der Waals surface area contributed by atoms with Crippen LogP contribution < -0.4 is 5.32 Å². The van der Waals surface area contributed by atoms with Crippen LogP contribution in [-0.4, -0.2) is 39.9 Å². The van der Waals surface area contributed by atoms with Crippen LogP contribution in [0.3, 0.4) is 0 Å². The van der Waals surface area contributed by atoms with Gasteiger partial charge in [0, 0.05) is 12.7 Å². The summed E-state index contributed by atoms with van der Waals surface area (Å²) in [6.45, 7) is 2.17. The van der Waals surface area contributed by atoms with E-state index >= 15 is 0 Å². The van der Waals surface area contributed by atoms with Crippen LogP contribution in [0.5, 0.6) is 0 Å². The number of carbonyl (C=O) groups is 1. The first kappa shape index (κ1) is 16.9. The van der Waals surface area contributed by atoms with E-state index in [-0.39, 0.29) is 24.6 Å². The third-order valence-electron chi connectivity index (χ3n) is 4.44. The lowest BCUT2D eigenvalue weighted by molar-refractivity contribution is -0.123. The molecule has 0 radical (unpaired) electrons. The minimum absolute atomic E-state index is 0.0737. The summed E-state index contributed by atoms with van der Waals surface area (Å²) in [6, 6.07) is 8.05. The molecule has 1 aliphatic rings. The predicted octanol–water partition coefficient (Wildman–Crippen LogP) is 2.60. The van der Waals surface area contributed by atoms with Crippen LogP contribution in [0, 0.1) is 11.7 Å². The summed E-state index contributed by atoms with van der Waals surface area (Å²) in [5.41, 5.74) is 2.07. The molecule has 6 nitrogen and oxygen atoms in total. The molecule has 1 saturated carbocycles. The van der Waals surface area contributed by atoms with Gasteiger partial charge in [0.2, 0.25) is 5.91 Å². The van der Waals surface area contributed by atoms with Gasteiger partial charge in [0.1, 0.15) is 6.54 Å². The Morgan fingerprint density at radius 1 is 1.50 bits per heavy atom. The molecule has 7 heteroatoms. The molecule has 1 aromatic carbocycles. The van der Waals surface area contributed by atoms with Gasteiger partial charge in [-0.15, -0.1) is 0 Å². The first-order chi connectivity index (χ1) is 11.6. The normalized spacial score (nSPS) is 20.2. The summed E-state index contributed by atoms with van der Waals surface area (Å²) in [5, 5.41) is 10.1. The number of carbonyl (C=O) groups excluding carboxylic acids is 1. The average Bonchev–Trinajstić information content (AvgIpc) is 3.14. The number of aromatic amines is 1. The largest absolute Gasteiger partial charge is 0.379 e. The van der Waals surface area contributed by atoms with Gasteiger partial charge in [0.15, 0.2) is 10.6 Å². The molecule has 2 aromatic rings. The van der Waals surface area contributed by atoms with E-state index in [1.165, 1.54) is 0 Å². The monoisotopic (exact) mass is 346 g/mol. The molecule has 128 valence electrons. The fourth-order valence-electron chi connectivity index (χ4n) is 3.24. The molecule has 24 heavy (non-hydrogen) atoms. The predicted molar refractivity (Wildman–Crippen MR) is 94.2 cm³/mol. The Hall–Kier alpha value is -1.99. The highest BCUT2D eigenvalue weighted by molar-refractivity contribution is 7.71. The number of H-pyrrole nitrogens is 1. The second kappa shape index (κ2) is 7.27. The summed E-state index contributed by atoms with van der Waals surface area (Å²) < 4.78 is 7.60. The van der Waals surface area contributed by atoms with Crippen molar-refractivity contribution in [1.82, 2.24) is 20.1 Å². The van der Waals surface area contributed by atoms with E-state index in [4.69, 9.17) is 17.0 Å². The molecule has 1 amide bonds. The minimum Gasteiger partial charge on any atom is -0.379 e. The van der Waals surface area contributed by atoms with E-state index in [0.29, 0.717) is 10.6 Å². The molecule has 1 heterocycles. The average molecular weight is 346 g/mol. The van der Waals surface area contributed by atoms with Crippen molar-refractivity contribution in [1.29, 1.82) is 0 Å². The Kier molecular flexibility index (Phi) is 5.11. The molecule has 0 bridgehead atoms. The Labute approximate surface area is 146 Å². The van der Waals surface area contributed by atoms with Gasteiger partial charge in [-0.3, -0.25) is 14.5 Å². The number of methoxy groups -OCH3 is 1. The molecular formula is C17H22N4O2S. The summed E-state index contributed by atoms with van der Waals surface area (Å²) in [4.78, 5) is 12.5. The molecule has 0 saturated heterocycles. The number of hydrogen-bond donors (Lipinski definition) is 2. The topological polar surface area (TPSA) is 71.9 Å². The molecule has 0 aliphatic heterocycles. The van der Waals surface area contributed by atoms with Crippen molar-refractivity contribution in [2.45, 2.75) is 44.9 Å². The van der Waals surface area contributed by atoms with Crippen molar-refractivity contribution < 1.29 is 9.53 Å². The van der Waals surface area contributed by atoms with Crippen molar-refractivity contribution in [3.05, 3.63) is 34.6 Å². The first-order valence-corrected chi connectivity index (χ1v) is 8.53. The van der Waals surface area contributed by atoms with Crippen LogP contribution in [0.25, 0.3) is 11.4 Å². The third kappa shape index (κ3) is 3.57. The highest BCUT2D eigenvalue weighted by Gasteiger charge is 2.28. The van der Waals surface area contributed by atoms with Crippen LogP contribution in [0.1, 0.15) is 24.8 Å². The highest BCUT2D eigenvalue weighted by Crippen LogP contribution is 2.22. The number of amides is 1. The van der Waals surface area contributed by atoms with Gasteiger partial charge >= 0.3 is 0 Å². The number of benzene rings is 1. The SMILES string of the molecule is CO[C@@H]1CCC[C@@H]1NC(=O)Cn1c(-c2cccc(C)c2)n[nH]c1=S. The van der Waals surface area contributed by atoms with Crippen molar-refractivity contribution in [2.24, 2.45) is 0 Å². The number of aryl methyl sites for hydroxylation is 1. The quantitative estimate of drug-likeness (QED) is 0.817. The van der Waals surface area contributed by atoms with Gasteiger partial charge in [0.05, 0.1) is 12.1 Å². The van der Waals surface area contributed by atoms with Crippen LogP contribution in [-0.2, 0) is 16.1 Å². The van der Waals surface area contributed by atoms with E-state index in [0.717, 1.165) is 30.4 Å². The Balaban J connectivity index is 1.77. The molecule has 2 atom stereocenters. The Morgan fingerprint density at radius 2 is 2.33 bits per heavy atom. The molecule has 3 rings (SSSR count). The van der Waals surface area contributed by atoms with Crippen LogP contribution >= 0.6 is 12.2 Å². The van der Waals surface area contributed by atoms with E-state index in [1.54, 1.807) is 11.7 Å². The lowest BCUT2D eigenvalue weighted by Gasteiger charge is -2.19. The smallest absolute Gasteiger partial charge is 0.240 e. The van der Waals surface area contributed by atoms with Crippen molar-refractivity contribution in [3.63, 3.8) is 0 Å².